The summed E-state index contributed by atoms with van der Waals surface area (Å²) in [6.45, 7) is 0.938. The maximum atomic E-state index is 12.7. The zero-order valence-electron chi connectivity index (χ0n) is 15.6. The number of carbonyl (C=O) groups is 1. The van der Waals surface area contributed by atoms with Crippen LogP contribution in [0.15, 0.2) is 41.3 Å². The van der Waals surface area contributed by atoms with Crippen LogP contribution in [0.3, 0.4) is 0 Å². The third-order valence-electron chi connectivity index (χ3n) is 4.56. The average molecular weight is 406 g/mol. The lowest BCUT2D eigenvalue weighted by molar-refractivity contribution is 0.102. The SMILES string of the molecule is COc1ccc(C(=O)Nc2cc(S(=O)(=O)N3CCCC3)ccc2O)cc1OC. The summed E-state index contributed by atoms with van der Waals surface area (Å²) in [7, 11) is -0.719. The number of ether oxygens (including phenoxy) is 2. The first-order chi connectivity index (χ1) is 13.4. The van der Waals surface area contributed by atoms with Crippen molar-refractivity contribution in [1.82, 2.24) is 4.31 Å². The van der Waals surface area contributed by atoms with Gasteiger partial charge in [0.05, 0.1) is 24.8 Å². The van der Waals surface area contributed by atoms with Crippen LogP contribution in [0, 0.1) is 0 Å². The van der Waals surface area contributed by atoms with E-state index in [1.54, 1.807) is 12.1 Å². The van der Waals surface area contributed by atoms with Crippen molar-refractivity contribution in [1.29, 1.82) is 0 Å². The van der Waals surface area contributed by atoms with Crippen LogP contribution >= 0.6 is 0 Å². The average Bonchev–Trinajstić information content (AvgIpc) is 3.24. The molecule has 1 fully saturated rings. The van der Waals surface area contributed by atoms with Crippen molar-refractivity contribution in [2.75, 3.05) is 32.6 Å². The van der Waals surface area contributed by atoms with Crippen LogP contribution in [-0.2, 0) is 10.0 Å². The van der Waals surface area contributed by atoms with Crippen LogP contribution in [0.25, 0.3) is 0 Å². The van der Waals surface area contributed by atoms with Gasteiger partial charge in [-0.1, -0.05) is 0 Å². The standard InChI is InChI=1S/C19H22N2O6S/c1-26-17-8-5-13(11-18(17)27-2)19(23)20-15-12-14(6-7-16(15)22)28(24,25)21-9-3-4-10-21/h5-8,11-12,22H,3-4,9-10H2,1-2H3,(H,20,23). The number of nitrogens with one attached hydrogen (secondary N) is 1. The molecule has 3 rings (SSSR count). The number of aromatic hydroxyl groups is 1. The van der Waals surface area contributed by atoms with Crippen LogP contribution in [0.2, 0.25) is 0 Å². The summed E-state index contributed by atoms with van der Waals surface area (Å²) < 4.78 is 37.1. The number of amides is 1. The van der Waals surface area contributed by atoms with Crippen LogP contribution in [0.5, 0.6) is 17.2 Å². The van der Waals surface area contributed by atoms with E-state index in [1.807, 2.05) is 0 Å². The van der Waals surface area contributed by atoms with Gasteiger partial charge < -0.3 is 19.9 Å². The van der Waals surface area contributed by atoms with Gasteiger partial charge in [-0.2, -0.15) is 4.31 Å². The highest BCUT2D eigenvalue weighted by molar-refractivity contribution is 7.89. The number of methoxy groups -OCH3 is 2. The minimum absolute atomic E-state index is 0.0139. The van der Waals surface area contributed by atoms with Crippen molar-refractivity contribution in [3.8, 4) is 17.2 Å². The number of anilines is 1. The Bertz CT molecular complexity index is 984. The number of hydrogen-bond acceptors (Lipinski definition) is 6. The molecule has 0 spiro atoms. The Morgan fingerprint density at radius 2 is 1.71 bits per heavy atom. The highest BCUT2D eigenvalue weighted by Crippen LogP contribution is 2.31. The molecule has 0 atom stereocenters. The Morgan fingerprint density at radius 3 is 2.36 bits per heavy atom. The smallest absolute Gasteiger partial charge is 0.255 e. The summed E-state index contributed by atoms with van der Waals surface area (Å²) >= 11 is 0. The summed E-state index contributed by atoms with van der Waals surface area (Å²) in [5.74, 6) is 0.103. The first-order valence-corrected chi connectivity index (χ1v) is 10.2. The van der Waals surface area contributed by atoms with E-state index in [2.05, 4.69) is 5.32 Å². The van der Waals surface area contributed by atoms with E-state index in [4.69, 9.17) is 9.47 Å². The van der Waals surface area contributed by atoms with Gasteiger partial charge in [0.2, 0.25) is 10.0 Å². The van der Waals surface area contributed by atoms with Crippen molar-refractivity contribution in [3.63, 3.8) is 0 Å². The van der Waals surface area contributed by atoms with Crippen LogP contribution < -0.4 is 14.8 Å². The summed E-state index contributed by atoms with van der Waals surface area (Å²) in [5, 5.41) is 12.6. The molecule has 0 aliphatic carbocycles. The molecule has 8 nitrogen and oxygen atoms in total. The second kappa shape index (κ2) is 8.07. The number of phenols is 1. The van der Waals surface area contributed by atoms with Gasteiger partial charge in [0.15, 0.2) is 11.5 Å². The highest BCUT2D eigenvalue weighted by Gasteiger charge is 2.28. The second-order valence-electron chi connectivity index (χ2n) is 6.31. The van der Waals surface area contributed by atoms with E-state index in [9.17, 15) is 18.3 Å². The van der Waals surface area contributed by atoms with Crippen LogP contribution in [0.4, 0.5) is 5.69 Å². The minimum atomic E-state index is -3.66. The number of hydrogen-bond donors (Lipinski definition) is 2. The fourth-order valence-corrected chi connectivity index (χ4v) is 4.57. The van der Waals surface area contributed by atoms with E-state index in [0.29, 0.717) is 24.6 Å². The molecular formula is C19H22N2O6S. The first-order valence-electron chi connectivity index (χ1n) is 8.73. The summed E-state index contributed by atoms with van der Waals surface area (Å²) in [6.07, 6.45) is 1.64. The van der Waals surface area contributed by atoms with E-state index >= 15 is 0 Å². The molecule has 2 aromatic rings. The number of sulfonamides is 1. The van der Waals surface area contributed by atoms with Gasteiger partial charge in [0.1, 0.15) is 5.75 Å². The van der Waals surface area contributed by atoms with Gasteiger partial charge in [-0.15, -0.1) is 0 Å². The fraction of sp³-hybridized carbons (Fsp3) is 0.316. The zero-order chi connectivity index (χ0) is 20.3. The van der Waals surface area contributed by atoms with Crippen molar-refractivity contribution < 1.29 is 27.8 Å². The molecule has 150 valence electrons. The molecule has 2 aromatic carbocycles. The molecule has 2 N–H and O–H groups in total. The highest BCUT2D eigenvalue weighted by atomic mass is 32.2. The lowest BCUT2D eigenvalue weighted by Gasteiger charge is -2.17. The predicted molar refractivity (Wildman–Crippen MR) is 104 cm³/mol. The van der Waals surface area contributed by atoms with Crippen molar-refractivity contribution in [2.45, 2.75) is 17.7 Å². The molecule has 1 heterocycles. The number of phenolic OH excluding ortho intramolecular Hbond substituents is 1. The maximum Gasteiger partial charge on any atom is 0.255 e. The fourth-order valence-electron chi connectivity index (χ4n) is 3.03. The van der Waals surface area contributed by atoms with Gasteiger partial charge in [-0.3, -0.25) is 4.79 Å². The maximum absolute atomic E-state index is 12.7. The first kappa shape index (κ1) is 20.0. The van der Waals surface area contributed by atoms with E-state index in [0.717, 1.165) is 12.8 Å². The van der Waals surface area contributed by atoms with E-state index in [1.165, 1.54) is 42.8 Å². The van der Waals surface area contributed by atoms with Crippen LogP contribution in [0.1, 0.15) is 23.2 Å². The third kappa shape index (κ3) is 3.90. The Hall–Kier alpha value is -2.78. The largest absolute Gasteiger partial charge is 0.506 e. The monoisotopic (exact) mass is 406 g/mol. The van der Waals surface area contributed by atoms with E-state index in [-0.39, 0.29) is 21.9 Å². The summed E-state index contributed by atoms with van der Waals surface area (Å²) in [4.78, 5) is 12.6. The normalized spacial score (nSPS) is 14.6. The van der Waals surface area contributed by atoms with Crippen LogP contribution in [-0.4, -0.2) is 51.0 Å². The number of nitrogens with zero attached hydrogens (tertiary/aromatic N) is 1. The molecule has 0 radical (unpaired) electrons. The lowest BCUT2D eigenvalue weighted by atomic mass is 10.1. The molecule has 1 amide bonds. The predicted octanol–water partition coefficient (Wildman–Crippen LogP) is 2.45. The van der Waals surface area contributed by atoms with Crippen molar-refractivity contribution in [2.24, 2.45) is 0 Å². The molecule has 0 aromatic heterocycles. The number of rotatable bonds is 6. The topological polar surface area (TPSA) is 105 Å². The summed E-state index contributed by atoms with van der Waals surface area (Å²) in [5.41, 5.74) is 0.282. The van der Waals surface area contributed by atoms with Gasteiger partial charge in [0.25, 0.3) is 5.91 Å². The Kier molecular flexibility index (Phi) is 5.76. The number of benzene rings is 2. The Labute approximate surface area is 163 Å². The Morgan fingerprint density at radius 1 is 1.04 bits per heavy atom. The van der Waals surface area contributed by atoms with Gasteiger partial charge in [-0.25, -0.2) is 8.42 Å². The molecule has 0 bridgehead atoms. The Balaban J connectivity index is 1.87. The zero-order valence-corrected chi connectivity index (χ0v) is 16.5. The molecule has 0 saturated carbocycles. The minimum Gasteiger partial charge on any atom is -0.506 e. The van der Waals surface area contributed by atoms with Gasteiger partial charge in [0, 0.05) is 18.7 Å². The molecule has 9 heteroatoms. The number of carbonyl (C=O) groups excluding carboxylic acids is 1. The quantitative estimate of drug-likeness (QED) is 0.714. The molecular weight excluding hydrogens is 384 g/mol. The molecule has 1 aliphatic heterocycles. The second-order valence-corrected chi connectivity index (χ2v) is 8.25. The van der Waals surface area contributed by atoms with E-state index < -0.39 is 15.9 Å². The molecule has 1 aliphatic rings. The summed E-state index contributed by atoms with van der Waals surface area (Å²) in [6, 6.07) is 8.47. The van der Waals surface area contributed by atoms with Gasteiger partial charge >= 0.3 is 0 Å². The van der Waals surface area contributed by atoms with Crippen molar-refractivity contribution in [3.05, 3.63) is 42.0 Å². The van der Waals surface area contributed by atoms with Gasteiger partial charge in [-0.05, 0) is 49.2 Å². The molecule has 0 unspecified atom stereocenters. The lowest BCUT2D eigenvalue weighted by Crippen LogP contribution is -2.28. The molecule has 1 saturated heterocycles. The van der Waals surface area contributed by atoms with Crippen molar-refractivity contribution >= 4 is 21.6 Å². The third-order valence-corrected chi connectivity index (χ3v) is 6.46. The molecule has 28 heavy (non-hydrogen) atoms.